The van der Waals surface area contributed by atoms with Gasteiger partial charge in [0.1, 0.15) is 53.6 Å². The predicted octanol–water partition coefficient (Wildman–Crippen LogP) is 2.99. The largest absolute Gasteiger partial charge is 0.458 e. The van der Waals surface area contributed by atoms with E-state index >= 15 is 0 Å². The summed E-state index contributed by atoms with van der Waals surface area (Å²) in [7, 11) is 3.03. The summed E-state index contributed by atoms with van der Waals surface area (Å²) in [5.41, 5.74) is -2.37. The molecule has 2 spiro atoms. The number of carbonyl (C=O) groups excluding carboxylic acids is 3. The molecule has 7 aliphatic rings. The predicted molar refractivity (Wildman–Crippen MR) is 184 cm³/mol. The van der Waals surface area contributed by atoms with Crippen molar-refractivity contribution >= 4 is 17.7 Å². The molecule has 19 atom stereocenters. The number of carbonyl (C=O) groups is 3. The molecule has 2 N–H and O–H groups in total. The van der Waals surface area contributed by atoms with E-state index in [0.29, 0.717) is 19.3 Å². The van der Waals surface area contributed by atoms with Gasteiger partial charge in [-0.3, -0.25) is 14.4 Å². The van der Waals surface area contributed by atoms with E-state index in [9.17, 15) is 24.6 Å². The fraction of sp³-hybridized carbons (Fsp3) is 0.923. The van der Waals surface area contributed by atoms with Crippen molar-refractivity contribution in [3.8, 4) is 0 Å². The number of rotatable bonds is 9. The van der Waals surface area contributed by atoms with Crippen LogP contribution in [-0.4, -0.2) is 127 Å². The van der Waals surface area contributed by atoms with Crippen molar-refractivity contribution in [2.45, 2.75) is 185 Å². The molecule has 0 aromatic carbocycles. The van der Waals surface area contributed by atoms with Crippen LogP contribution in [0.15, 0.2) is 0 Å². The Bertz CT molecular complexity index is 1430. The number of esters is 2. The smallest absolute Gasteiger partial charge is 0.303 e. The van der Waals surface area contributed by atoms with Gasteiger partial charge in [-0.05, 0) is 77.0 Å². The molecule has 4 aliphatic carbocycles. The second kappa shape index (κ2) is 14.0. The van der Waals surface area contributed by atoms with Crippen molar-refractivity contribution in [3.05, 3.63) is 0 Å². The lowest BCUT2D eigenvalue weighted by atomic mass is 9.43. The van der Waals surface area contributed by atoms with Gasteiger partial charge in [0.2, 0.25) is 0 Å². The molecule has 0 bridgehead atoms. The summed E-state index contributed by atoms with van der Waals surface area (Å²) in [5, 5.41) is 21.3. The Balaban J connectivity index is 1.07. The maximum absolute atomic E-state index is 13.1. The van der Waals surface area contributed by atoms with Crippen LogP contribution in [0.1, 0.15) is 99.8 Å². The first-order valence-electron chi connectivity index (χ1n) is 19.6. The number of aliphatic hydroxyl groups excluding tert-OH is 2. The van der Waals surface area contributed by atoms with E-state index in [1.54, 1.807) is 21.0 Å². The van der Waals surface area contributed by atoms with Crippen LogP contribution in [0.4, 0.5) is 0 Å². The second-order valence-electron chi connectivity index (χ2n) is 17.4. The molecule has 0 radical (unpaired) electrons. The molecule has 3 aliphatic heterocycles. The van der Waals surface area contributed by atoms with Crippen LogP contribution in [0.3, 0.4) is 0 Å². The van der Waals surface area contributed by atoms with Gasteiger partial charge in [-0.2, -0.15) is 0 Å². The van der Waals surface area contributed by atoms with Crippen molar-refractivity contribution < 1.29 is 67.2 Å². The van der Waals surface area contributed by atoms with Gasteiger partial charge in [0, 0.05) is 51.7 Å². The lowest BCUT2D eigenvalue weighted by Crippen LogP contribution is -2.70. The molecule has 0 amide bonds. The Morgan fingerprint density at radius 3 is 2.11 bits per heavy atom. The molecule has 4 saturated carbocycles. The van der Waals surface area contributed by atoms with Crippen molar-refractivity contribution in [2.24, 2.45) is 28.6 Å². The topological polar surface area (TPSA) is 178 Å². The average Bonchev–Trinajstić information content (AvgIpc) is 3.63. The molecule has 7 fully saturated rings. The zero-order valence-electron chi connectivity index (χ0n) is 32.6. The van der Waals surface area contributed by atoms with E-state index in [1.165, 1.54) is 21.0 Å². The number of ether oxygens (including phenoxy) is 9. The molecule has 53 heavy (non-hydrogen) atoms. The van der Waals surface area contributed by atoms with E-state index in [0.717, 1.165) is 32.1 Å². The summed E-state index contributed by atoms with van der Waals surface area (Å²) in [6, 6.07) is 0. The van der Waals surface area contributed by atoms with Gasteiger partial charge in [-0.25, -0.2) is 0 Å². The fourth-order valence-electron chi connectivity index (χ4n) is 12.5. The van der Waals surface area contributed by atoms with E-state index in [-0.39, 0.29) is 35.1 Å². The number of Topliss-reactive ketones (excluding diaryl/α,β-unsaturated/α-hetero) is 1. The quantitative estimate of drug-likeness (QED) is 0.200. The van der Waals surface area contributed by atoms with E-state index in [2.05, 4.69) is 6.92 Å². The minimum absolute atomic E-state index is 0.0340. The van der Waals surface area contributed by atoms with Crippen LogP contribution in [0, 0.1) is 28.6 Å². The lowest BCUT2D eigenvalue weighted by molar-refractivity contribution is -0.343. The number of aliphatic hydroxyl groups is 2. The van der Waals surface area contributed by atoms with Gasteiger partial charge in [-0.15, -0.1) is 0 Å². The number of fused-ring (bicyclic) bond motifs is 2. The zero-order chi connectivity index (χ0) is 38.4. The Kier molecular flexibility index (Phi) is 10.4. The maximum Gasteiger partial charge on any atom is 0.303 e. The van der Waals surface area contributed by atoms with Crippen molar-refractivity contribution in [1.29, 1.82) is 0 Å². The molecule has 14 nitrogen and oxygen atoms in total. The van der Waals surface area contributed by atoms with Crippen LogP contribution >= 0.6 is 0 Å². The molecule has 0 aromatic rings. The molecule has 0 aromatic heterocycles. The maximum atomic E-state index is 13.1. The molecule has 14 heteroatoms. The number of hydrogen-bond donors (Lipinski definition) is 2. The number of methoxy groups -OCH3 is 2. The summed E-state index contributed by atoms with van der Waals surface area (Å²) in [4.78, 5) is 38.6. The highest BCUT2D eigenvalue weighted by Gasteiger charge is 2.91. The van der Waals surface area contributed by atoms with Crippen LogP contribution in [0.2, 0.25) is 0 Å². The fourth-order valence-corrected chi connectivity index (χ4v) is 12.5. The highest BCUT2D eigenvalue weighted by molar-refractivity contribution is 5.81. The van der Waals surface area contributed by atoms with Gasteiger partial charge in [-0.1, -0.05) is 13.8 Å². The average molecular weight is 753 g/mol. The number of epoxide rings is 1. The van der Waals surface area contributed by atoms with Crippen LogP contribution in [0.25, 0.3) is 0 Å². The summed E-state index contributed by atoms with van der Waals surface area (Å²) in [5.74, 6) is -1.30. The van der Waals surface area contributed by atoms with Gasteiger partial charge in [0.25, 0.3) is 0 Å². The van der Waals surface area contributed by atoms with Crippen molar-refractivity contribution in [1.82, 2.24) is 0 Å². The highest BCUT2D eigenvalue weighted by atomic mass is 16.7. The Morgan fingerprint density at radius 1 is 0.755 bits per heavy atom. The molecule has 3 heterocycles. The normalized spacial score (nSPS) is 53.0. The molecule has 7 rings (SSSR count). The third-order valence-corrected chi connectivity index (χ3v) is 14.9. The van der Waals surface area contributed by atoms with E-state index in [4.69, 9.17) is 42.6 Å². The number of ketones is 1. The standard InChI is InChI=1S/C39H60O14/c1-18(40)25-12-15-39-37(25,7)34(50-22(5)42)32(49-21(4)41)33-36(6)13-11-24(16-23(36)10-14-38(33,39)53-39)51-27-17-26(45-8)30(20(3)47-27)52-35-29(44)31(46-9)28(43)19(2)48-35/h19-20,23-35,43-44H,10-17H2,1-9H3/t19-,20-,23+,24+,25+,26-,27+,28-,29-,30-,31-,32+,33-,34-,35+,36+,37+,38+,39-/m0/s1. The second-order valence-corrected chi connectivity index (χ2v) is 17.4. The van der Waals surface area contributed by atoms with Crippen LogP contribution in [0.5, 0.6) is 0 Å². The summed E-state index contributed by atoms with van der Waals surface area (Å²) >= 11 is 0. The SMILES string of the molecule is CO[C@@H]1[C@H](O)[C@@H](O[C@H]2[C@H](C)O[C@H](O[C@@H]3CC[C@]4(C)[C@H](CC[C@]56O[C@]57CC[C@H](C(C)=O)[C@]7(C)[C@@H](OC(C)=O)[C@H](OC(C)=O)[C@@H]46)C3)C[C@@H]2OC)O[C@@H](C)[C@@H]1O. The Hall–Kier alpha value is -1.75. The van der Waals surface area contributed by atoms with E-state index in [1.807, 2.05) is 13.8 Å². The van der Waals surface area contributed by atoms with Gasteiger partial charge in [0.15, 0.2) is 12.6 Å². The van der Waals surface area contributed by atoms with Crippen LogP contribution < -0.4 is 0 Å². The third kappa shape index (κ3) is 5.95. The van der Waals surface area contributed by atoms with Gasteiger partial charge >= 0.3 is 11.9 Å². The summed E-state index contributed by atoms with van der Waals surface area (Å²) in [6.45, 7) is 12.2. The Labute approximate surface area is 312 Å². The minimum Gasteiger partial charge on any atom is -0.458 e. The summed E-state index contributed by atoms with van der Waals surface area (Å²) < 4.78 is 55.8. The first-order valence-corrected chi connectivity index (χ1v) is 19.6. The van der Waals surface area contributed by atoms with Gasteiger partial charge < -0.3 is 52.8 Å². The third-order valence-electron chi connectivity index (χ3n) is 14.9. The monoisotopic (exact) mass is 752 g/mol. The highest BCUT2D eigenvalue weighted by Crippen LogP contribution is 2.81. The first-order chi connectivity index (χ1) is 25.0. The van der Waals surface area contributed by atoms with E-state index < -0.39 is 96.1 Å². The first kappa shape index (κ1) is 39.5. The van der Waals surface area contributed by atoms with Gasteiger partial charge in [0.05, 0.1) is 24.4 Å². The van der Waals surface area contributed by atoms with Crippen LogP contribution in [-0.2, 0) is 57.0 Å². The minimum atomic E-state index is -1.21. The zero-order valence-corrected chi connectivity index (χ0v) is 32.6. The molecule has 3 saturated heterocycles. The molecule has 0 unspecified atom stereocenters. The molecule has 300 valence electrons. The van der Waals surface area contributed by atoms with Crippen molar-refractivity contribution in [2.75, 3.05) is 14.2 Å². The van der Waals surface area contributed by atoms with Crippen molar-refractivity contribution in [3.63, 3.8) is 0 Å². The molecular weight excluding hydrogens is 692 g/mol. The lowest BCUT2D eigenvalue weighted by Gasteiger charge is -2.61. The molecular formula is C39H60O14. The summed E-state index contributed by atoms with van der Waals surface area (Å²) in [6.07, 6.45) is -2.79. The number of hydrogen-bond acceptors (Lipinski definition) is 14. The Morgan fingerprint density at radius 2 is 1.47 bits per heavy atom.